The van der Waals surface area contributed by atoms with Gasteiger partial charge in [0.25, 0.3) is 0 Å². The number of pyridine rings is 2. The van der Waals surface area contributed by atoms with Gasteiger partial charge in [-0.05, 0) is 35.9 Å². The zero-order chi connectivity index (χ0) is 19.9. The van der Waals surface area contributed by atoms with Crippen molar-refractivity contribution in [2.45, 2.75) is 6.18 Å². The van der Waals surface area contributed by atoms with E-state index in [1.807, 2.05) is 0 Å². The van der Waals surface area contributed by atoms with Crippen LogP contribution >= 0.6 is 0 Å². The third-order valence-corrected chi connectivity index (χ3v) is 4.39. The zero-order valence-electron chi connectivity index (χ0n) is 14.1. The summed E-state index contributed by atoms with van der Waals surface area (Å²) >= 11 is 0. The minimum atomic E-state index is -4.85. The van der Waals surface area contributed by atoms with Gasteiger partial charge < -0.3 is 0 Å². The van der Waals surface area contributed by atoms with E-state index < -0.39 is 28.9 Å². The molecule has 0 radical (unpaired) electrons. The molecule has 0 saturated heterocycles. The summed E-state index contributed by atoms with van der Waals surface area (Å²) in [6.45, 7) is 0. The fourth-order valence-corrected chi connectivity index (χ4v) is 3.10. The maximum Gasteiger partial charge on any atom is 0.419 e. The van der Waals surface area contributed by atoms with Crippen molar-refractivity contribution >= 4 is 10.9 Å². The third kappa shape index (κ3) is 2.98. The predicted molar refractivity (Wildman–Crippen MR) is 95.3 cm³/mol. The van der Waals surface area contributed by atoms with Gasteiger partial charge in [-0.15, -0.1) is 0 Å². The fraction of sp³-hybridized carbons (Fsp3) is 0.0476. The largest absolute Gasteiger partial charge is 0.419 e. The highest BCUT2D eigenvalue weighted by atomic mass is 19.4. The molecule has 4 rings (SSSR count). The van der Waals surface area contributed by atoms with Crippen LogP contribution < -0.4 is 0 Å². The molecule has 0 aliphatic carbocycles. The van der Waals surface area contributed by atoms with E-state index in [2.05, 4.69) is 9.97 Å². The molecule has 0 unspecified atom stereocenters. The number of hydrogen-bond donors (Lipinski definition) is 0. The molecule has 0 aliphatic heterocycles. The lowest BCUT2D eigenvalue weighted by Gasteiger charge is -2.13. The monoisotopic (exact) mass is 386 g/mol. The first-order chi connectivity index (χ1) is 13.4. The standard InChI is InChI=1S/C21H11F5N2/c22-18-13(4-3-5-15(18)17-6-1-2-10-27-17)12-9-11-28-20-14(12)7-8-16(19(20)23)21(24,25)26/h1-11H. The van der Waals surface area contributed by atoms with Gasteiger partial charge in [0.15, 0.2) is 5.82 Å². The lowest BCUT2D eigenvalue weighted by molar-refractivity contribution is -0.139. The van der Waals surface area contributed by atoms with Crippen LogP contribution in [0.4, 0.5) is 22.0 Å². The summed E-state index contributed by atoms with van der Waals surface area (Å²) in [5.74, 6) is -2.08. The Bertz CT molecular complexity index is 1170. The Labute approximate surface area is 156 Å². The number of halogens is 5. The van der Waals surface area contributed by atoms with Crippen LogP contribution in [0.2, 0.25) is 0 Å². The lowest BCUT2D eigenvalue weighted by atomic mass is 9.96. The van der Waals surface area contributed by atoms with Crippen LogP contribution in [0, 0.1) is 11.6 Å². The number of aromatic nitrogens is 2. The van der Waals surface area contributed by atoms with Gasteiger partial charge in [-0.25, -0.2) is 8.78 Å². The molecule has 0 spiro atoms. The smallest absolute Gasteiger partial charge is 0.256 e. The van der Waals surface area contributed by atoms with Crippen molar-refractivity contribution in [1.29, 1.82) is 0 Å². The second-order valence-electron chi connectivity index (χ2n) is 6.06. The first-order valence-corrected chi connectivity index (χ1v) is 8.22. The maximum absolute atomic E-state index is 15.2. The van der Waals surface area contributed by atoms with E-state index in [4.69, 9.17) is 0 Å². The quantitative estimate of drug-likeness (QED) is 0.380. The number of hydrogen-bond acceptors (Lipinski definition) is 2. The lowest BCUT2D eigenvalue weighted by Crippen LogP contribution is -2.08. The van der Waals surface area contributed by atoms with Crippen LogP contribution in [-0.2, 0) is 6.18 Å². The topological polar surface area (TPSA) is 25.8 Å². The first kappa shape index (κ1) is 18.0. The Balaban J connectivity index is 1.95. The Morgan fingerprint density at radius 2 is 1.43 bits per heavy atom. The molecule has 28 heavy (non-hydrogen) atoms. The van der Waals surface area contributed by atoms with Crippen molar-refractivity contribution < 1.29 is 22.0 Å². The van der Waals surface area contributed by atoms with E-state index in [1.54, 1.807) is 30.3 Å². The molecule has 0 bridgehead atoms. The van der Waals surface area contributed by atoms with Crippen molar-refractivity contribution in [3.05, 3.63) is 84.2 Å². The molecule has 0 atom stereocenters. The molecule has 0 N–H and O–H groups in total. The second-order valence-corrected chi connectivity index (χ2v) is 6.06. The van der Waals surface area contributed by atoms with Gasteiger partial charge in [-0.3, -0.25) is 9.97 Å². The van der Waals surface area contributed by atoms with Crippen molar-refractivity contribution in [2.75, 3.05) is 0 Å². The predicted octanol–water partition coefficient (Wildman–Crippen LogP) is 6.26. The average molecular weight is 386 g/mol. The zero-order valence-corrected chi connectivity index (χ0v) is 14.1. The van der Waals surface area contributed by atoms with Crippen molar-refractivity contribution in [3.8, 4) is 22.4 Å². The van der Waals surface area contributed by atoms with E-state index in [1.165, 1.54) is 18.3 Å². The van der Waals surface area contributed by atoms with Gasteiger partial charge in [0.1, 0.15) is 11.3 Å². The molecule has 0 fully saturated rings. The number of alkyl halides is 3. The van der Waals surface area contributed by atoms with Crippen LogP contribution in [0.5, 0.6) is 0 Å². The van der Waals surface area contributed by atoms with Crippen LogP contribution in [-0.4, -0.2) is 9.97 Å². The van der Waals surface area contributed by atoms with Crippen LogP contribution in [0.1, 0.15) is 5.56 Å². The highest BCUT2D eigenvalue weighted by Gasteiger charge is 2.35. The van der Waals surface area contributed by atoms with Gasteiger partial charge in [0, 0.05) is 28.9 Å². The van der Waals surface area contributed by atoms with Crippen LogP contribution in [0.3, 0.4) is 0 Å². The molecular weight excluding hydrogens is 375 g/mol. The second kappa shape index (κ2) is 6.67. The first-order valence-electron chi connectivity index (χ1n) is 8.22. The van der Waals surface area contributed by atoms with Crippen molar-refractivity contribution in [1.82, 2.24) is 9.97 Å². The summed E-state index contributed by atoms with van der Waals surface area (Å²) in [5.41, 5.74) is -0.869. The minimum absolute atomic E-state index is 0.0880. The highest BCUT2D eigenvalue weighted by Crippen LogP contribution is 2.38. The molecule has 2 aromatic heterocycles. The molecule has 140 valence electrons. The molecule has 2 nitrogen and oxygen atoms in total. The van der Waals surface area contributed by atoms with E-state index in [-0.39, 0.29) is 22.1 Å². The normalized spacial score (nSPS) is 11.8. The molecule has 2 aromatic carbocycles. The molecule has 7 heteroatoms. The van der Waals surface area contributed by atoms with Crippen LogP contribution in [0.25, 0.3) is 33.3 Å². The Kier molecular flexibility index (Phi) is 4.30. The summed E-state index contributed by atoms with van der Waals surface area (Å²) in [6.07, 6.45) is -2.16. The van der Waals surface area contributed by atoms with Crippen LogP contribution in [0.15, 0.2) is 67.0 Å². The van der Waals surface area contributed by atoms with E-state index in [9.17, 15) is 17.6 Å². The molecule has 0 aliphatic rings. The third-order valence-electron chi connectivity index (χ3n) is 4.39. The average Bonchev–Trinajstić information content (AvgIpc) is 2.68. The van der Waals surface area contributed by atoms with E-state index in [0.717, 1.165) is 12.3 Å². The van der Waals surface area contributed by atoms with Crippen molar-refractivity contribution in [2.24, 2.45) is 0 Å². The minimum Gasteiger partial charge on any atom is -0.256 e. The SMILES string of the molecule is Fc1c(-c2ccccn2)cccc1-c1ccnc2c(F)c(C(F)(F)F)ccc12. The molecular formula is C21H11F5N2. The van der Waals surface area contributed by atoms with E-state index in [0.29, 0.717) is 11.8 Å². The molecule has 4 aromatic rings. The summed E-state index contributed by atoms with van der Waals surface area (Å²) in [5, 5.41) is 0.0880. The summed E-state index contributed by atoms with van der Waals surface area (Å²) in [6, 6.07) is 12.9. The number of fused-ring (bicyclic) bond motifs is 1. The Hall–Kier alpha value is -3.35. The van der Waals surface area contributed by atoms with Gasteiger partial charge in [0.2, 0.25) is 0 Å². The molecule has 0 amide bonds. The van der Waals surface area contributed by atoms with Gasteiger partial charge in [-0.2, -0.15) is 13.2 Å². The summed E-state index contributed by atoms with van der Waals surface area (Å²) < 4.78 is 68.5. The van der Waals surface area contributed by atoms with Crippen molar-refractivity contribution in [3.63, 3.8) is 0 Å². The van der Waals surface area contributed by atoms with E-state index >= 15 is 4.39 Å². The maximum atomic E-state index is 15.2. The summed E-state index contributed by atoms with van der Waals surface area (Å²) in [4.78, 5) is 7.86. The van der Waals surface area contributed by atoms with Gasteiger partial charge in [-0.1, -0.05) is 24.3 Å². The molecule has 2 heterocycles. The number of rotatable bonds is 2. The summed E-state index contributed by atoms with van der Waals surface area (Å²) in [7, 11) is 0. The van der Waals surface area contributed by atoms with Gasteiger partial charge >= 0.3 is 6.18 Å². The highest BCUT2D eigenvalue weighted by molar-refractivity contribution is 5.95. The fourth-order valence-electron chi connectivity index (χ4n) is 3.10. The number of nitrogens with zero attached hydrogens (tertiary/aromatic N) is 2. The van der Waals surface area contributed by atoms with Gasteiger partial charge in [0.05, 0.1) is 11.3 Å². The Morgan fingerprint density at radius 3 is 2.14 bits per heavy atom. The molecule has 0 saturated carbocycles. The Morgan fingerprint density at radius 1 is 0.643 bits per heavy atom. The number of benzene rings is 2.